The van der Waals surface area contributed by atoms with Crippen molar-refractivity contribution in [3.8, 4) is 0 Å². The second-order valence-corrected chi connectivity index (χ2v) is 5.92. The van der Waals surface area contributed by atoms with Crippen LogP contribution in [0.4, 0.5) is 4.39 Å². The first-order valence-corrected chi connectivity index (χ1v) is 8.02. The number of nitrogens with zero attached hydrogens (tertiary/aromatic N) is 3. The van der Waals surface area contributed by atoms with Crippen molar-refractivity contribution in [3.63, 3.8) is 0 Å². The molecule has 6 heteroatoms. The molecule has 2 aromatic heterocycles. The summed E-state index contributed by atoms with van der Waals surface area (Å²) in [5, 5.41) is 0. The molecule has 5 nitrogen and oxygen atoms in total. The first-order chi connectivity index (χ1) is 11.7. The molecule has 1 saturated heterocycles. The number of halogens is 1. The zero-order chi connectivity index (χ0) is 16.8. The van der Waals surface area contributed by atoms with E-state index in [1.165, 1.54) is 0 Å². The fourth-order valence-electron chi connectivity index (χ4n) is 2.83. The van der Waals surface area contributed by atoms with E-state index in [1.54, 1.807) is 41.7 Å². The van der Waals surface area contributed by atoms with E-state index in [4.69, 9.17) is 4.74 Å². The van der Waals surface area contributed by atoms with E-state index < -0.39 is 5.67 Å². The average Bonchev–Trinajstić information content (AvgIpc) is 2.64. The van der Waals surface area contributed by atoms with Gasteiger partial charge in [0.15, 0.2) is 5.67 Å². The Morgan fingerprint density at radius 2 is 2.04 bits per heavy atom. The Bertz CT molecular complexity index is 658. The Kier molecular flexibility index (Phi) is 5.15. The van der Waals surface area contributed by atoms with Gasteiger partial charge in [0.2, 0.25) is 5.91 Å². The molecule has 0 N–H and O–H groups in total. The molecule has 2 aromatic rings. The van der Waals surface area contributed by atoms with Gasteiger partial charge in [0.1, 0.15) is 6.61 Å². The van der Waals surface area contributed by atoms with Crippen LogP contribution in [0.2, 0.25) is 0 Å². The van der Waals surface area contributed by atoms with Crippen LogP contribution < -0.4 is 0 Å². The van der Waals surface area contributed by atoms with Crippen LogP contribution in [0.3, 0.4) is 0 Å². The van der Waals surface area contributed by atoms with E-state index in [-0.39, 0.29) is 25.4 Å². The van der Waals surface area contributed by atoms with Crippen molar-refractivity contribution < 1.29 is 13.9 Å². The number of alkyl halides is 1. The minimum Gasteiger partial charge on any atom is -0.367 e. The van der Waals surface area contributed by atoms with Gasteiger partial charge in [-0.3, -0.25) is 14.8 Å². The number of hydrogen-bond acceptors (Lipinski definition) is 4. The maximum Gasteiger partial charge on any atom is 0.248 e. The van der Waals surface area contributed by atoms with Crippen molar-refractivity contribution in [2.24, 2.45) is 0 Å². The predicted molar refractivity (Wildman–Crippen MR) is 86.7 cm³/mol. The van der Waals surface area contributed by atoms with E-state index in [0.717, 1.165) is 5.56 Å². The third-order valence-corrected chi connectivity index (χ3v) is 4.25. The largest absolute Gasteiger partial charge is 0.367 e. The van der Waals surface area contributed by atoms with E-state index in [2.05, 4.69) is 9.97 Å². The maximum absolute atomic E-state index is 15.0. The molecule has 0 saturated carbocycles. The van der Waals surface area contributed by atoms with E-state index >= 15 is 0 Å². The highest BCUT2D eigenvalue weighted by Gasteiger charge is 2.38. The lowest BCUT2D eigenvalue weighted by Gasteiger charge is -2.36. The first-order valence-electron chi connectivity index (χ1n) is 8.02. The second kappa shape index (κ2) is 7.49. The molecule has 0 aliphatic carbocycles. The number of amides is 1. The average molecular weight is 329 g/mol. The van der Waals surface area contributed by atoms with Gasteiger partial charge in [-0.2, -0.15) is 0 Å². The number of carbonyl (C=O) groups excluding carboxylic acids is 1. The van der Waals surface area contributed by atoms with Gasteiger partial charge in [-0.05, 0) is 23.8 Å². The van der Waals surface area contributed by atoms with Crippen LogP contribution in [0.15, 0.2) is 48.9 Å². The lowest BCUT2D eigenvalue weighted by Crippen LogP contribution is -2.44. The zero-order valence-electron chi connectivity index (χ0n) is 13.4. The van der Waals surface area contributed by atoms with E-state index in [1.807, 2.05) is 12.1 Å². The van der Waals surface area contributed by atoms with Crippen LogP contribution in [0.25, 0.3) is 0 Å². The molecule has 1 aliphatic rings. The molecule has 1 fully saturated rings. The van der Waals surface area contributed by atoms with Crippen molar-refractivity contribution in [3.05, 3.63) is 60.2 Å². The highest BCUT2D eigenvalue weighted by Crippen LogP contribution is 2.35. The van der Waals surface area contributed by atoms with Crippen LogP contribution in [-0.4, -0.2) is 40.5 Å². The van der Waals surface area contributed by atoms with Crippen molar-refractivity contribution in [2.45, 2.75) is 25.1 Å². The Balaban J connectivity index is 1.47. The van der Waals surface area contributed by atoms with Gasteiger partial charge in [-0.25, -0.2) is 4.39 Å². The topological polar surface area (TPSA) is 55.3 Å². The standard InChI is InChI=1S/C18H20FN3O2/c19-18(16-5-1-2-9-21-16)6-10-22(11-7-18)17(23)14-24-13-15-4-3-8-20-12-15/h1-5,8-9,12H,6-7,10-11,13-14H2. The molecule has 1 amide bonds. The number of piperidine rings is 1. The van der Waals surface area contributed by atoms with Crippen LogP contribution in [0, 0.1) is 0 Å². The van der Waals surface area contributed by atoms with Gasteiger partial charge < -0.3 is 9.64 Å². The molecular formula is C18H20FN3O2. The lowest BCUT2D eigenvalue weighted by molar-refractivity contribution is -0.139. The highest BCUT2D eigenvalue weighted by atomic mass is 19.1. The molecule has 0 unspecified atom stereocenters. The molecule has 0 spiro atoms. The molecule has 24 heavy (non-hydrogen) atoms. The van der Waals surface area contributed by atoms with Crippen molar-refractivity contribution >= 4 is 5.91 Å². The van der Waals surface area contributed by atoms with Crippen LogP contribution >= 0.6 is 0 Å². The number of rotatable bonds is 5. The van der Waals surface area contributed by atoms with Crippen LogP contribution in [0.5, 0.6) is 0 Å². The highest BCUT2D eigenvalue weighted by molar-refractivity contribution is 5.77. The lowest BCUT2D eigenvalue weighted by atomic mass is 9.89. The number of likely N-dealkylation sites (tertiary alicyclic amines) is 1. The third kappa shape index (κ3) is 3.94. The van der Waals surface area contributed by atoms with Crippen molar-refractivity contribution in [2.75, 3.05) is 19.7 Å². The number of pyridine rings is 2. The SMILES string of the molecule is O=C(COCc1cccnc1)N1CCC(F)(c2ccccn2)CC1. The summed E-state index contributed by atoms with van der Waals surface area (Å²) in [6.07, 6.45) is 5.51. The summed E-state index contributed by atoms with van der Waals surface area (Å²) in [5.74, 6) is -0.109. The summed E-state index contributed by atoms with van der Waals surface area (Å²) in [6, 6.07) is 8.97. The van der Waals surface area contributed by atoms with Gasteiger partial charge in [0.25, 0.3) is 0 Å². The number of hydrogen-bond donors (Lipinski definition) is 0. The third-order valence-electron chi connectivity index (χ3n) is 4.25. The Morgan fingerprint density at radius 3 is 2.71 bits per heavy atom. The van der Waals surface area contributed by atoms with Crippen molar-refractivity contribution in [1.29, 1.82) is 0 Å². The second-order valence-electron chi connectivity index (χ2n) is 5.92. The molecule has 0 atom stereocenters. The summed E-state index contributed by atoms with van der Waals surface area (Å²) in [5.41, 5.74) is -0.0824. The predicted octanol–water partition coefficient (Wildman–Crippen LogP) is 2.48. The van der Waals surface area contributed by atoms with Crippen molar-refractivity contribution in [1.82, 2.24) is 14.9 Å². The molecule has 1 aliphatic heterocycles. The van der Waals surface area contributed by atoms with Gasteiger partial charge in [-0.1, -0.05) is 12.1 Å². The first kappa shape index (κ1) is 16.5. The molecule has 3 rings (SSSR count). The quantitative estimate of drug-likeness (QED) is 0.846. The number of ether oxygens (including phenoxy) is 1. The zero-order valence-corrected chi connectivity index (χ0v) is 13.4. The summed E-state index contributed by atoms with van der Waals surface area (Å²) in [6.45, 7) is 1.09. The normalized spacial score (nSPS) is 16.8. The fraction of sp³-hybridized carbons (Fsp3) is 0.389. The summed E-state index contributed by atoms with van der Waals surface area (Å²) >= 11 is 0. The van der Waals surface area contributed by atoms with E-state index in [0.29, 0.717) is 25.4 Å². The van der Waals surface area contributed by atoms with Gasteiger partial charge in [-0.15, -0.1) is 0 Å². The summed E-state index contributed by atoms with van der Waals surface area (Å²) < 4.78 is 20.4. The molecular weight excluding hydrogens is 309 g/mol. The fourth-order valence-corrected chi connectivity index (χ4v) is 2.83. The van der Waals surface area contributed by atoms with Gasteiger partial charge >= 0.3 is 0 Å². The van der Waals surface area contributed by atoms with Crippen LogP contribution in [-0.2, 0) is 21.8 Å². The van der Waals surface area contributed by atoms with Gasteiger partial charge in [0.05, 0.1) is 12.3 Å². The molecule has 0 bridgehead atoms. The Labute approximate surface area is 140 Å². The molecule has 0 radical (unpaired) electrons. The smallest absolute Gasteiger partial charge is 0.248 e. The Hall–Kier alpha value is -2.34. The van der Waals surface area contributed by atoms with Crippen LogP contribution in [0.1, 0.15) is 24.1 Å². The van der Waals surface area contributed by atoms with Gasteiger partial charge in [0, 0.05) is 44.5 Å². The molecule has 126 valence electrons. The number of carbonyl (C=O) groups is 1. The van der Waals surface area contributed by atoms with E-state index in [9.17, 15) is 9.18 Å². The molecule has 3 heterocycles. The monoisotopic (exact) mass is 329 g/mol. The minimum atomic E-state index is -1.45. The Morgan fingerprint density at radius 1 is 1.21 bits per heavy atom. The maximum atomic E-state index is 15.0. The number of aromatic nitrogens is 2. The summed E-state index contributed by atoms with van der Waals surface area (Å²) in [7, 11) is 0. The minimum absolute atomic E-state index is 0.00222. The summed E-state index contributed by atoms with van der Waals surface area (Å²) in [4.78, 5) is 22.0. The molecule has 0 aromatic carbocycles.